The van der Waals surface area contributed by atoms with Gasteiger partial charge in [0.1, 0.15) is 0 Å². The van der Waals surface area contributed by atoms with Crippen LogP contribution < -0.4 is 0 Å². The molecular formula is C15H15O2Rh. The predicted molar refractivity (Wildman–Crippen MR) is 67.9 cm³/mol. The van der Waals surface area contributed by atoms with Gasteiger partial charge in [-0.3, -0.25) is 4.79 Å². The van der Waals surface area contributed by atoms with Crippen molar-refractivity contribution in [3.63, 3.8) is 0 Å². The number of ether oxygens (including phenoxy) is 1. The van der Waals surface area contributed by atoms with Gasteiger partial charge < -0.3 is 4.74 Å². The van der Waals surface area contributed by atoms with Crippen LogP contribution in [-0.2, 0) is 29.0 Å². The van der Waals surface area contributed by atoms with Crippen molar-refractivity contribution in [2.75, 3.05) is 7.11 Å². The number of esters is 1. The van der Waals surface area contributed by atoms with Gasteiger partial charge in [-0.05, 0) is 51.4 Å². The predicted octanol–water partition coefficient (Wildman–Crippen LogP) is 2.49. The molecule has 2 rings (SSSR count). The van der Waals surface area contributed by atoms with E-state index in [0.29, 0.717) is 5.92 Å². The van der Waals surface area contributed by atoms with Gasteiger partial charge in [-0.1, -0.05) is 24.3 Å². The molecule has 1 fully saturated rings. The molecule has 0 atom stereocenters. The zero-order valence-corrected chi connectivity index (χ0v) is 11.7. The molecule has 0 saturated heterocycles. The third-order valence-corrected chi connectivity index (χ3v) is 1.97. The Morgan fingerprint density at radius 1 is 0.833 bits per heavy atom. The van der Waals surface area contributed by atoms with Crippen LogP contribution in [0.4, 0.5) is 0 Å². The Morgan fingerprint density at radius 3 is 1.56 bits per heavy atom. The normalized spacial score (nSPS) is 22.5. The molecule has 3 heteroatoms. The molecule has 2 aliphatic carbocycles. The Morgan fingerprint density at radius 2 is 1.22 bits per heavy atom. The summed E-state index contributed by atoms with van der Waals surface area (Å²) in [6, 6.07) is 0. The molecular weight excluding hydrogens is 315 g/mol. The van der Waals surface area contributed by atoms with E-state index < -0.39 is 0 Å². The molecule has 2 aliphatic rings. The van der Waals surface area contributed by atoms with E-state index in [1.54, 1.807) is 25.7 Å². The zero-order chi connectivity index (χ0) is 12.3. The molecule has 0 aromatic rings. The maximum absolute atomic E-state index is 10.7. The first kappa shape index (κ1) is 17.6. The largest absolute Gasteiger partial charge is 0.469 e. The summed E-state index contributed by atoms with van der Waals surface area (Å²) in [5, 5.41) is 0. The van der Waals surface area contributed by atoms with Gasteiger partial charge >= 0.3 is 5.97 Å². The average molecular weight is 330 g/mol. The van der Waals surface area contributed by atoms with Gasteiger partial charge in [0.05, 0.1) is 13.0 Å². The molecule has 0 heterocycles. The second-order valence-electron chi connectivity index (χ2n) is 3.20. The molecule has 96 valence electrons. The minimum atomic E-state index is -0.278. The summed E-state index contributed by atoms with van der Waals surface area (Å²) < 4.78 is 4.46. The van der Waals surface area contributed by atoms with Crippen LogP contribution in [0.5, 0.6) is 0 Å². The number of carbonyl (C=O) groups excluding carboxylic acids is 1. The number of methoxy groups -OCH3 is 1. The topological polar surface area (TPSA) is 26.3 Å². The van der Waals surface area contributed by atoms with Crippen molar-refractivity contribution in [1.82, 2.24) is 0 Å². The number of rotatable bonds is 1. The molecule has 10 radical (unpaired) electrons. The van der Waals surface area contributed by atoms with Crippen molar-refractivity contribution in [3.05, 3.63) is 81.6 Å². The van der Waals surface area contributed by atoms with Crippen molar-refractivity contribution < 1.29 is 29.0 Å². The molecule has 0 aromatic heterocycles. The van der Waals surface area contributed by atoms with Crippen molar-refractivity contribution in [3.8, 4) is 0 Å². The van der Waals surface area contributed by atoms with Crippen LogP contribution in [0.15, 0.2) is 24.3 Å². The first-order chi connectivity index (χ1) is 8.34. The van der Waals surface area contributed by atoms with Crippen LogP contribution in [0.25, 0.3) is 0 Å². The summed E-state index contributed by atoms with van der Waals surface area (Å²) in [6.45, 7) is 0. The first-order valence-corrected chi connectivity index (χ1v) is 5.31. The molecule has 1 saturated carbocycles. The van der Waals surface area contributed by atoms with Gasteiger partial charge in [-0.2, -0.15) is 0 Å². The van der Waals surface area contributed by atoms with Gasteiger partial charge in [0, 0.05) is 19.5 Å². The Kier molecular flexibility index (Phi) is 11.4. The fourth-order valence-corrected chi connectivity index (χ4v) is 1.14. The summed E-state index contributed by atoms with van der Waals surface area (Å²) in [7, 11) is 1.37. The smallest absolute Gasteiger partial charge is 0.313 e. The fourth-order valence-electron chi connectivity index (χ4n) is 1.14. The summed E-state index contributed by atoms with van der Waals surface area (Å²) in [5.74, 6) is 0.331. The van der Waals surface area contributed by atoms with Gasteiger partial charge in [-0.25, -0.2) is 0 Å². The fraction of sp³-hybridized carbons (Fsp3) is 0.0667. The molecule has 0 unspecified atom stereocenters. The number of hydrogen-bond donors (Lipinski definition) is 0. The number of carbonyl (C=O) groups is 1. The van der Waals surface area contributed by atoms with Crippen LogP contribution in [0.1, 0.15) is 0 Å². The van der Waals surface area contributed by atoms with Crippen LogP contribution >= 0.6 is 0 Å². The van der Waals surface area contributed by atoms with E-state index in [1.165, 1.54) is 7.11 Å². The maximum Gasteiger partial charge on any atom is 0.313 e. The standard InChI is InChI=1S/C8H8.C7H7O2.Rh/c1-2-4-6-8-7-5-3-1;1-9-7(8)6-4-2-3-5-6;/h1-8H;2-5H,1H3;/b2-1-,8-7-;;. The van der Waals surface area contributed by atoms with Crippen molar-refractivity contribution >= 4 is 5.97 Å². The maximum atomic E-state index is 10.7. The number of allylic oxidation sites excluding steroid dienone is 4. The van der Waals surface area contributed by atoms with Crippen LogP contribution in [0.3, 0.4) is 0 Å². The molecule has 0 bridgehead atoms. The molecule has 2 nitrogen and oxygen atoms in total. The summed E-state index contributed by atoms with van der Waals surface area (Å²) in [4.78, 5) is 10.7. The zero-order valence-electron chi connectivity index (χ0n) is 10.1. The van der Waals surface area contributed by atoms with Crippen molar-refractivity contribution in [2.24, 2.45) is 0 Å². The van der Waals surface area contributed by atoms with Gasteiger partial charge in [0.2, 0.25) is 0 Å². The molecule has 18 heavy (non-hydrogen) atoms. The van der Waals surface area contributed by atoms with E-state index >= 15 is 0 Å². The van der Waals surface area contributed by atoms with E-state index in [2.05, 4.69) is 4.74 Å². The molecule has 0 spiro atoms. The molecule has 0 N–H and O–H groups in total. The van der Waals surface area contributed by atoms with Crippen LogP contribution in [0.2, 0.25) is 0 Å². The Labute approximate surface area is 124 Å². The van der Waals surface area contributed by atoms with E-state index in [9.17, 15) is 4.79 Å². The van der Waals surface area contributed by atoms with Crippen molar-refractivity contribution in [1.29, 1.82) is 0 Å². The third-order valence-electron chi connectivity index (χ3n) is 1.97. The third kappa shape index (κ3) is 7.81. The molecule has 0 amide bonds. The van der Waals surface area contributed by atoms with E-state index in [0.717, 1.165) is 0 Å². The average Bonchev–Trinajstić information content (AvgIpc) is 2.81. The first-order valence-electron chi connectivity index (χ1n) is 5.31. The minimum absolute atomic E-state index is 0. The Bertz CT molecular complexity index is 240. The quantitative estimate of drug-likeness (QED) is 0.545. The number of hydrogen-bond acceptors (Lipinski definition) is 2. The Hall–Kier alpha value is -0.427. The van der Waals surface area contributed by atoms with Crippen LogP contribution in [0, 0.1) is 57.3 Å². The van der Waals surface area contributed by atoms with Crippen LogP contribution in [-0.4, -0.2) is 13.1 Å². The van der Waals surface area contributed by atoms with E-state index in [4.69, 9.17) is 0 Å². The summed E-state index contributed by atoms with van der Waals surface area (Å²) in [5.41, 5.74) is 0. The Balaban J connectivity index is 0.000000306. The summed E-state index contributed by atoms with van der Waals surface area (Å²) >= 11 is 0. The minimum Gasteiger partial charge on any atom is -0.469 e. The van der Waals surface area contributed by atoms with Gasteiger partial charge in [-0.15, -0.1) is 0 Å². The SMILES string of the molecule is COC(=O)[C]1[CH][CH][CH][CH]1.[CH]1[CH]/C=C\[CH][CH]/C=C\1.[Rh]. The molecule has 0 aliphatic heterocycles. The second-order valence-corrected chi connectivity index (χ2v) is 3.20. The van der Waals surface area contributed by atoms with E-state index in [1.807, 2.05) is 50.0 Å². The monoisotopic (exact) mass is 330 g/mol. The van der Waals surface area contributed by atoms with E-state index in [-0.39, 0.29) is 25.4 Å². The van der Waals surface area contributed by atoms with Gasteiger partial charge in [0.25, 0.3) is 0 Å². The summed E-state index contributed by atoms with van der Waals surface area (Å²) in [6.07, 6.45) is 23.0. The van der Waals surface area contributed by atoms with Crippen molar-refractivity contribution in [2.45, 2.75) is 0 Å². The van der Waals surface area contributed by atoms with Gasteiger partial charge in [0.15, 0.2) is 0 Å². The second kappa shape index (κ2) is 11.7. The molecule has 0 aromatic carbocycles.